The molecule has 3 rings (SSSR count). The zero-order valence-electron chi connectivity index (χ0n) is 11.8. The molecule has 1 aliphatic heterocycles. The molecule has 0 fully saturated rings. The minimum atomic E-state index is 0.164. The van der Waals surface area contributed by atoms with E-state index in [0.29, 0.717) is 6.42 Å². The number of carbonyl (C=O) groups is 1. The normalized spacial score (nSPS) is 13.6. The molecule has 0 saturated heterocycles. The maximum atomic E-state index is 12.4. The first-order valence-electron chi connectivity index (χ1n) is 6.90. The van der Waals surface area contributed by atoms with Crippen molar-refractivity contribution in [2.24, 2.45) is 0 Å². The van der Waals surface area contributed by atoms with Crippen molar-refractivity contribution in [1.29, 1.82) is 0 Å². The van der Waals surface area contributed by atoms with Crippen LogP contribution < -0.4 is 4.90 Å². The SMILES string of the molecule is Cc1n[nH]c(C)c1CCC(=O)N1CCc2ccncc21. The fraction of sp³-hybridized carbons (Fsp3) is 0.400. The standard InChI is InChI=1S/C15H18N4O/c1-10-13(11(2)18-17-10)3-4-15(20)19-8-6-12-5-7-16-9-14(12)19/h5,7,9H,3-4,6,8H2,1-2H3,(H,17,18). The minimum Gasteiger partial charge on any atom is -0.310 e. The summed E-state index contributed by atoms with van der Waals surface area (Å²) < 4.78 is 0. The Kier molecular flexibility index (Phi) is 3.26. The van der Waals surface area contributed by atoms with E-state index in [1.165, 1.54) is 5.56 Å². The van der Waals surface area contributed by atoms with E-state index in [2.05, 4.69) is 15.2 Å². The van der Waals surface area contributed by atoms with Gasteiger partial charge >= 0.3 is 0 Å². The molecule has 3 heterocycles. The quantitative estimate of drug-likeness (QED) is 0.927. The molecule has 0 spiro atoms. The first-order chi connectivity index (χ1) is 9.66. The van der Waals surface area contributed by atoms with Crippen LogP contribution in [0.25, 0.3) is 0 Å². The number of H-pyrrole nitrogens is 1. The summed E-state index contributed by atoms with van der Waals surface area (Å²) in [4.78, 5) is 18.4. The lowest BCUT2D eigenvalue weighted by molar-refractivity contribution is -0.118. The van der Waals surface area contributed by atoms with Crippen LogP contribution in [0.4, 0.5) is 5.69 Å². The number of rotatable bonds is 3. The Morgan fingerprint density at radius 3 is 3.05 bits per heavy atom. The number of nitrogens with one attached hydrogen (secondary N) is 1. The fourth-order valence-electron chi connectivity index (χ4n) is 2.79. The van der Waals surface area contributed by atoms with Gasteiger partial charge in [0.05, 0.1) is 17.6 Å². The van der Waals surface area contributed by atoms with Gasteiger partial charge in [-0.1, -0.05) is 0 Å². The minimum absolute atomic E-state index is 0.164. The van der Waals surface area contributed by atoms with E-state index < -0.39 is 0 Å². The molecule has 20 heavy (non-hydrogen) atoms. The highest BCUT2D eigenvalue weighted by atomic mass is 16.2. The molecule has 0 bridgehead atoms. The van der Waals surface area contributed by atoms with Crippen molar-refractivity contribution < 1.29 is 4.79 Å². The summed E-state index contributed by atoms with van der Waals surface area (Å²) in [5.74, 6) is 0.164. The van der Waals surface area contributed by atoms with Crippen LogP contribution in [0.2, 0.25) is 0 Å². The number of aromatic nitrogens is 3. The van der Waals surface area contributed by atoms with Gasteiger partial charge in [-0.3, -0.25) is 14.9 Å². The third kappa shape index (κ3) is 2.19. The molecule has 1 N–H and O–H groups in total. The van der Waals surface area contributed by atoms with Crippen molar-refractivity contribution in [3.8, 4) is 0 Å². The summed E-state index contributed by atoms with van der Waals surface area (Å²) in [6.07, 6.45) is 5.74. The van der Waals surface area contributed by atoms with E-state index >= 15 is 0 Å². The Morgan fingerprint density at radius 1 is 1.45 bits per heavy atom. The molecule has 5 nitrogen and oxygen atoms in total. The van der Waals surface area contributed by atoms with Crippen molar-refractivity contribution in [3.05, 3.63) is 41.0 Å². The van der Waals surface area contributed by atoms with Crippen molar-refractivity contribution in [2.75, 3.05) is 11.4 Å². The maximum absolute atomic E-state index is 12.4. The van der Waals surface area contributed by atoms with Crippen molar-refractivity contribution in [3.63, 3.8) is 0 Å². The van der Waals surface area contributed by atoms with E-state index in [0.717, 1.165) is 42.0 Å². The van der Waals surface area contributed by atoms with Crippen LogP contribution in [0, 0.1) is 13.8 Å². The fourth-order valence-corrected chi connectivity index (χ4v) is 2.79. The molecule has 2 aromatic rings. The van der Waals surface area contributed by atoms with Crippen molar-refractivity contribution >= 4 is 11.6 Å². The largest absolute Gasteiger partial charge is 0.310 e. The Labute approximate surface area is 118 Å². The summed E-state index contributed by atoms with van der Waals surface area (Å²) >= 11 is 0. The van der Waals surface area contributed by atoms with E-state index in [4.69, 9.17) is 0 Å². The number of amides is 1. The summed E-state index contributed by atoms with van der Waals surface area (Å²) in [6.45, 7) is 4.73. The predicted octanol–water partition coefficient (Wildman–Crippen LogP) is 1.94. The number of carbonyl (C=O) groups excluding carboxylic acids is 1. The highest BCUT2D eigenvalue weighted by Gasteiger charge is 2.24. The van der Waals surface area contributed by atoms with Gasteiger partial charge in [0.15, 0.2) is 0 Å². The van der Waals surface area contributed by atoms with Gasteiger partial charge in [-0.15, -0.1) is 0 Å². The van der Waals surface area contributed by atoms with Gasteiger partial charge in [-0.25, -0.2) is 0 Å². The molecule has 1 aliphatic rings. The lowest BCUT2D eigenvalue weighted by Gasteiger charge is -2.16. The number of hydrogen-bond donors (Lipinski definition) is 1. The zero-order valence-corrected chi connectivity index (χ0v) is 11.8. The van der Waals surface area contributed by atoms with Crippen LogP contribution in [-0.2, 0) is 17.6 Å². The summed E-state index contributed by atoms with van der Waals surface area (Å²) in [6, 6.07) is 1.99. The topological polar surface area (TPSA) is 61.9 Å². The number of hydrogen-bond acceptors (Lipinski definition) is 3. The molecular weight excluding hydrogens is 252 g/mol. The molecule has 0 radical (unpaired) electrons. The molecule has 0 saturated carbocycles. The number of pyridine rings is 1. The van der Waals surface area contributed by atoms with E-state index in [1.807, 2.05) is 24.8 Å². The molecule has 104 valence electrons. The highest BCUT2D eigenvalue weighted by molar-refractivity contribution is 5.95. The molecule has 5 heteroatoms. The van der Waals surface area contributed by atoms with E-state index in [-0.39, 0.29) is 5.91 Å². The van der Waals surface area contributed by atoms with Gasteiger partial charge in [0.25, 0.3) is 0 Å². The molecule has 1 amide bonds. The number of aromatic amines is 1. The average molecular weight is 270 g/mol. The van der Waals surface area contributed by atoms with Crippen LogP contribution in [0.1, 0.15) is 28.9 Å². The molecule has 0 atom stereocenters. The van der Waals surface area contributed by atoms with E-state index in [1.54, 1.807) is 12.4 Å². The molecule has 2 aromatic heterocycles. The smallest absolute Gasteiger partial charge is 0.227 e. The average Bonchev–Trinajstić information content (AvgIpc) is 3.01. The molecular formula is C15H18N4O. The monoisotopic (exact) mass is 270 g/mol. The van der Waals surface area contributed by atoms with Crippen LogP contribution in [0.3, 0.4) is 0 Å². The van der Waals surface area contributed by atoms with Gasteiger partial charge in [0.2, 0.25) is 5.91 Å². The van der Waals surface area contributed by atoms with Crippen LogP contribution in [-0.4, -0.2) is 27.6 Å². The number of fused-ring (bicyclic) bond motifs is 1. The third-order valence-electron chi connectivity index (χ3n) is 3.95. The number of aryl methyl sites for hydroxylation is 2. The lowest BCUT2D eigenvalue weighted by atomic mass is 10.1. The van der Waals surface area contributed by atoms with Gasteiger partial charge in [-0.2, -0.15) is 5.10 Å². The number of nitrogens with zero attached hydrogens (tertiary/aromatic N) is 3. The first kappa shape index (κ1) is 12.8. The highest BCUT2D eigenvalue weighted by Crippen LogP contribution is 2.27. The van der Waals surface area contributed by atoms with Gasteiger partial charge in [-0.05, 0) is 43.9 Å². The Bertz CT molecular complexity index is 628. The lowest BCUT2D eigenvalue weighted by Crippen LogP contribution is -2.29. The Morgan fingerprint density at radius 2 is 2.30 bits per heavy atom. The summed E-state index contributed by atoms with van der Waals surface area (Å²) in [5.41, 5.74) is 5.38. The predicted molar refractivity (Wildman–Crippen MR) is 76.7 cm³/mol. The number of anilines is 1. The summed E-state index contributed by atoms with van der Waals surface area (Å²) in [5, 5.41) is 7.13. The maximum Gasteiger partial charge on any atom is 0.227 e. The van der Waals surface area contributed by atoms with Crippen LogP contribution >= 0.6 is 0 Å². The first-order valence-corrected chi connectivity index (χ1v) is 6.90. The van der Waals surface area contributed by atoms with Crippen LogP contribution in [0.15, 0.2) is 18.5 Å². The van der Waals surface area contributed by atoms with Crippen molar-refractivity contribution in [2.45, 2.75) is 33.1 Å². The second kappa shape index (κ2) is 5.07. The molecule has 0 aliphatic carbocycles. The van der Waals surface area contributed by atoms with Gasteiger partial charge < -0.3 is 4.90 Å². The molecule has 0 unspecified atom stereocenters. The third-order valence-corrected chi connectivity index (χ3v) is 3.95. The van der Waals surface area contributed by atoms with Gasteiger partial charge in [0.1, 0.15) is 0 Å². The van der Waals surface area contributed by atoms with Gasteiger partial charge in [0, 0.05) is 24.9 Å². The summed E-state index contributed by atoms with van der Waals surface area (Å²) in [7, 11) is 0. The second-order valence-corrected chi connectivity index (χ2v) is 5.21. The van der Waals surface area contributed by atoms with E-state index in [9.17, 15) is 4.79 Å². The Balaban J connectivity index is 1.69. The molecule has 0 aromatic carbocycles. The Hall–Kier alpha value is -2.17. The second-order valence-electron chi connectivity index (χ2n) is 5.21. The van der Waals surface area contributed by atoms with Crippen LogP contribution in [0.5, 0.6) is 0 Å². The van der Waals surface area contributed by atoms with Crippen molar-refractivity contribution in [1.82, 2.24) is 15.2 Å². The zero-order chi connectivity index (χ0) is 14.1.